The summed E-state index contributed by atoms with van der Waals surface area (Å²) in [7, 11) is 0. The van der Waals surface area contributed by atoms with Crippen LogP contribution in [0.4, 0.5) is 0 Å². The van der Waals surface area contributed by atoms with Gasteiger partial charge in [-0.2, -0.15) is 0 Å². The summed E-state index contributed by atoms with van der Waals surface area (Å²) in [5.74, 6) is -0.487. The van der Waals surface area contributed by atoms with Crippen LogP contribution < -0.4 is 5.32 Å². The van der Waals surface area contributed by atoms with Crippen LogP contribution in [0.3, 0.4) is 0 Å². The molecule has 0 aliphatic rings. The summed E-state index contributed by atoms with van der Waals surface area (Å²) in [6.45, 7) is 6.46. The molecule has 0 aromatic carbocycles. The molecule has 6 nitrogen and oxygen atoms in total. The van der Waals surface area contributed by atoms with Crippen LogP contribution >= 0.6 is 0 Å². The van der Waals surface area contributed by atoms with Gasteiger partial charge in [-0.3, -0.25) is 9.59 Å². The fraction of sp³-hybridized carbons (Fsp3) is 0.833. The van der Waals surface area contributed by atoms with Gasteiger partial charge >= 0.3 is 5.97 Å². The van der Waals surface area contributed by atoms with Gasteiger partial charge in [-0.1, -0.05) is 243 Å². The van der Waals surface area contributed by atoms with E-state index in [9.17, 15) is 19.8 Å². The number of unbranched alkanes of at least 4 members (excludes halogenated alkanes) is 32. The molecule has 0 fully saturated rings. The van der Waals surface area contributed by atoms with Crippen LogP contribution in [-0.2, 0) is 14.3 Å². The highest BCUT2D eigenvalue weighted by atomic mass is 16.5. The van der Waals surface area contributed by atoms with E-state index in [1.54, 1.807) is 0 Å². The van der Waals surface area contributed by atoms with Crippen LogP contribution in [0.25, 0.3) is 0 Å². The van der Waals surface area contributed by atoms with Crippen LogP contribution in [0, 0.1) is 0 Å². The molecule has 0 saturated heterocycles. The van der Waals surface area contributed by atoms with Crippen LogP contribution in [0.5, 0.6) is 0 Å². The number of allylic oxidation sites excluding steroid dienone is 8. The molecule has 0 radical (unpaired) electrons. The van der Waals surface area contributed by atoms with Crippen LogP contribution in [-0.4, -0.2) is 46.9 Å². The fourth-order valence-electron chi connectivity index (χ4n) is 8.73. The van der Waals surface area contributed by atoms with E-state index in [1.165, 1.54) is 167 Å². The second-order valence-electron chi connectivity index (χ2n) is 19.7. The molecule has 0 aromatic heterocycles. The predicted octanol–water partition coefficient (Wildman–Crippen LogP) is 17.8. The lowest BCUT2D eigenvalue weighted by molar-refractivity contribution is -0.151. The van der Waals surface area contributed by atoms with E-state index < -0.39 is 18.2 Å². The third-order valence-electron chi connectivity index (χ3n) is 13.1. The molecule has 1 amide bonds. The van der Waals surface area contributed by atoms with Crippen molar-refractivity contribution in [3.05, 3.63) is 48.6 Å². The Hall–Kier alpha value is -2.18. The van der Waals surface area contributed by atoms with Gasteiger partial charge in [0.15, 0.2) is 0 Å². The number of aliphatic hydroxyl groups is 2. The topological polar surface area (TPSA) is 95.9 Å². The van der Waals surface area contributed by atoms with E-state index in [1.807, 2.05) is 0 Å². The smallest absolute Gasteiger partial charge is 0.306 e. The van der Waals surface area contributed by atoms with Gasteiger partial charge < -0.3 is 20.3 Å². The number of aliphatic hydroxyl groups excluding tert-OH is 2. The van der Waals surface area contributed by atoms with Crippen molar-refractivity contribution in [3.63, 3.8) is 0 Å². The molecule has 3 N–H and O–H groups in total. The largest absolute Gasteiger partial charge is 0.462 e. The van der Waals surface area contributed by atoms with Crippen molar-refractivity contribution >= 4 is 11.9 Å². The monoisotopic (exact) mass is 926 g/mol. The Morgan fingerprint density at radius 3 is 1.23 bits per heavy atom. The number of hydrogen-bond donors (Lipinski definition) is 3. The highest BCUT2D eigenvalue weighted by molar-refractivity contribution is 5.77. The molecule has 66 heavy (non-hydrogen) atoms. The zero-order valence-corrected chi connectivity index (χ0v) is 44.1. The zero-order chi connectivity index (χ0) is 48.1. The molecule has 3 atom stereocenters. The van der Waals surface area contributed by atoms with Crippen LogP contribution in [0.15, 0.2) is 48.6 Å². The lowest BCUT2D eigenvalue weighted by atomic mass is 10.0. The molecule has 0 saturated carbocycles. The molecule has 386 valence electrons. The lowest BCUT2D eigenvalue weighted by Crippen LogP contribution is -2.46. The lowest BCUT2D eigenvalue weighted by Gasteiger charge is -2.24. The quantitative estimate of drug-likeness (QED) is 0.0321. The first-order valence-electron chi connectivity index (χ1n) is 28.9. The summed E-state index contributed by atoms with van der Waals surface area (Å²) in [5.41, 5.74) is 0. The van der Waals surface area contributed by atoms with Crippen LogP contribution in [0.1, 0.15) is 297 Å². The SMILES string of the molecule is CCCCC/C=C\C/C=C\C/C=C\CCCCCCCCC(=O)OC(CCCCCCC/C=C\CCCCCC)CC(=O)NC(CO)C(O)CCCCCCCCCCCCCCCCC. The standard InChI is InChI=1S/C60H111NO5/c1-4-7-10-13-16-19-22-25-27-28-29-30-32-35-38-41-44-47-50-53-60(65)66-56(51-48-45-42-39-36-33-24-21-18-15-12-9-6-3)54-59(64)61-57(55-62)58(63)52-49-46-43-40-37-34-31-26-23-20-17-14-11-8-5-2/h16,19,21,24-25,27,29-30,56-58,62-63H,4-15,17-18,20,22-23,26,28,31-55H2,1-3H3,(H,61,64)/b19-16-,24-21-,27-25-,30-29-. The maximum atomic E-state index is 13.3. The number of hydrogen-bond acceptors (Lipinski definition) is 5. The van der Waals surface area contributed by atoms with E-state index in [0.717, 1.165) is 83.5 Å². The number of amides is 1. The summed E-state index contributed by atoms with van der Waals surface area (Å²) in [4.78, 5) is 26.3. The highest BCUT2D eigenvalue weighted by Gasteiger charge is 2.24. The minimum Gasteiger partial charge on any atom is -0.462 e. The summed E-state index contributed by atoms with van der Waals surface area (Å²) in [5, 5.41) is 23.9. The normalized spacial score (nSPS) is 13.5. The van der Waals surface area contributed by atoms with Crippen molar-refractivity contribution in [2.45, 2.75) is 315 Å². The van der Waals surface area contributed by atoms with Gasteiger partial charge in [0.1, 0.15) is 6.10 Å². The van der Waals surface area contributed by atoms with E-state index in [-0.39, 0.29) is 24.9 Å². The minimum absolute atomic E-state index is 0.0677. The van der Waals surface area contributed by atoms with Crippen molar-refractivity contribution in [2.75, 3.05) is 6.61 Å². The van der Waals surface area contributed by atoms with Crippen molar-refractivity contribution in [1.82, 2.24) is 5.32 Å². The molecule has 0 spiro atoms. The Labute approximate surface area is 410 Å². The van der Waals surface area contributed by atoms with E-state index in [0.29, 0.717) is 19.3 Å². The Morgan fingerprint density at radius 1 is 0.439 bits per heavy atom. The summed E-state index contributed by atoms with van der Waals surface area (Å²) in [6, 6.07) is -0.707. The van der Waals surface area contributed by atoms with Gasteiger partial charge in [-0.05, 0) is 89.9 Å². The highest BCUT2D eigenvalue weighted by Crippen LogP contribution is 2.18. The first-order valence-corrected chi connectivity index (χ1v) is 28.9. The van der Waals surface area contributed by atoms with Crippen molar-refractivity contribution < 1.29 is 24.5 Å². The third kappa shape index (κ3) is 48.3. The zero-order valence-electron chi connectivity index (χ0n) is 44.1. The molecule has 0 rings (SSSR count). The Kier molecular flexibility index (Phi) is 52.0. The predicted molar refractivity (Wildman–Crippen MR) is 287 cm³/mol. The molecule has 3 unspecified atom stereocenters. The third-order valence-corrected chi connectivity index (χ3v) is 13.1. The van der Waals surface area contributed by atoms with Gasteiger partial charge in [0.25, 0.3) is 0 Å². The average molecular weight is 927 g/mol. The first-order chi connectivity index (χ1) is 32.5. The van der Waals surface area contributed by atoms with Gasteiger partial charge in [-0.25, -0.2) is 0 Å². The molecule has 6 heteroatoms. The fourth-order valence-corrected chi connectivity index (χ4v) is 8.73. The number of carbonyl (C=O) groups excluding carboxylic acids is 2. The number of carbonyl (C=O) groups is 2. The van der Waals surface area contributed by atoms with Gasteiger partial charge in [0, 0.05) is 6.42 Å². The maximum Gasteiger partial charge on any atom is 0.306 e. The number of nitrogens with one attached hydrogen (secondary N) is 1. The Balaban J connectivity index is 4.54. The second-order valence-corrected chi connectivity index (χ2v) is 19.7. The Morgan fingerprint density at radius 2 is 0.773 bits per heavy atom. The van der Waals surface area contributed by atoms with E-state index in [4.69, 9.17) is 4.74 Å². The summed E-state index contributed by atoms with van der Waals surface area (Å²) in [6.07, 6.45) is 66.0. The van der Waals surface area contributed by atoms with Crippen LogP contribution in [0.2, 0.25) is 0 Å². The molecule has 0 aromatic rings. The number of esters is 1. The van der Waals surface area contributed by atoms with Gasteiger partial charge in [0.05, 0.1) is 25.2 Å². The number of rotatable bonds is 52. The maximum absolute atomic E-state index is 13.3. The molecular formula is C60H111NO5. The Bertz CT molecular complexity index is 1130. The first kappa shape index (κ1) is 63.8. The van der Waals surface area contributed by atoms with E-state index in [2.05, 4.69) is 74.7 Å². The molecule has 0 aliphatic carbocycles. The number of ether oxygens (including phenoxy) is 1. The summed E-state index contributed by atoms with van der Waals surface area (Å²) >= 11 is 0. The molecular weight excluding hydrogens is 815 g/mol. The van der Waals surface area contributed by atoms with Crippen molar-refractivity contribution in [1.29, 1.82) is 0 Å². The van der Waals surface area contributed by atoms with E-state index >= 15 is 0 Å². The van der Waals surface area contributed by atoms with Gasteiger partial charge in [0.2, 0.25) is 5.91 Å². The molecule has 0 bridgehead atoms. The second kappa shape index (κ2) is 53.8. The van der Waals surface area contributed by atoms with Gasteiger partial charge in [-0.15, -0.1) is 0 Å². The average Bonchev–Trinajstić information content (AvgIpc) is 3.31. The molecule has 0 aliphatic heterocycles. The summed E-state index contributed by atoms with van der Waals surface area (Å²) < 4.78 is 5.95. The minimum atomic E-state index is -0.792. The molecule has 0 heterocycles. The van der Waals surface area contributed by atoms with Crippen molar-refractivity contribution in [2.24, 2.45) is 0 Å². The van der Waals surface area contributed by atoms with Crippen molar-refractivity contribution in [3.8, 4) is 0 Å².